The van der Waals surface area contributed by atoms with Crippen molar-refractivity contribution >= 4 is 96.1 Å². The van der Waals surface area contributed by atoms with E-state index in [-0.39, 0.29) is 0 Å². The van der Waals surface area contributed by atoms with Crippen molar-refractivity contribution < 1.29 is 0 Å². The Labute approximate surface area is 343 Å². The van der Waals surface area contributed by atoms with E-state index in [9.17, 15) is 0 Å². The molecule has 0 saturated carbocycles. The van der Waals surface area contributed by atoms with Crippen LogP contribution >= 0.6 is 11.3 Å². The van der Waals surface area contributed by atoms with Crippen LogP contribution in [0.1, 0.15) is 0 Å². The molecule has 0 N–H and O–H groups in total. The summed E-state index contributed by atoms with van der Waals surface area (Å²) in [5.74, 6) is 0.705. The average molecular weight is 765 g/mol. The van der Waals surface area contributed by atoms with Crippen LogP contribution in [0.2, 0.25) is 0 Å². The van der Waals surface area contributed by atoms with E-state index in [1.165, 1.54) is 95.9 Å². The minimum Gasteiger partial charge on any atom is -0.228 e. The highest BCUT2D eigenvalue weighted by atomic mass is 32.1. The van der Waals surface area contributed by atoms with Crippen LogP contribution in [-0.4, -0.2) is 9.97 Å². The lowest BCUT2D eigenvalue weighted by Gasteiger charge is -2.17. The fourth-order valence-corrected chi connectivity index (χ4v) is 10.7. The maximum atomic E-state index is 5.42. The summed E-state index contributed by atoms with van der Waals surface area (Å²) in [6, 6.07) is 71.0. The van der Waals surface area contributed by atoms with E-state index in [1.807, 2.05) is 11.3 Å². The van der Waals surface area contributed by atoms with Gasteiger partial charge in [0.25, 0.3) is 0 Å². The summed E-state index contributed by atoms with van der Waals surface area (Å²) in [5, 5.41) is 17.7. The molecule has 11 aromatic carbocycles. The van der Waals surface area contributed by atoms with Crippen LogP contribution in [0, 0.1) is 0 Å². The van der Waals surface area contributed by atoms with E-state index >= 15 is 0 Å². The van der Waals surface area contributed by atoms with Crippen molar-refractivity contribution in [1.29, 1.82) is 0 Å². The Bertz CT molecular complexity index is 3820. The molecule has 0 aliphatic heterocycles. The molecule has 0 unspecified atom stereocenters. The van der Waals surface area contributed by atoms with E-state index in [0.717, 1.165) is 28.1 Å². The standard InChI is InChI=1S/C56H32N2S/c1-2-9-33(10-3-1)34-19-24-38(25-20-34)56-57-48(39-27-28-51-46(30-39)42-14-4-5-18-50(42)59-51)32-49(58-56)41-29-40-26-23-37-12-7-16-44-43-15-6-11-35-21-22-36-13-8-17-45(54(36)52(35)43)47(31-41)55(40)53(37)44/h1-32H. The molecule has 0 bridgehead atoms. The monoisotopic (exact) mass is 764 g/mol. The summed E-state index contributed by atoms with van der Waals surface area (Å²) < 4.78 is 2.57. The minimum atomic E-state index is 0.705. The number of aromatic nitrogens is 2. The fraction of sp³-hybridized carbons (Fsp3) is 0. The molecule has 2 heterocycles. The summed E-state index contributed by atoms with van der Waals surface area (Å²) in [4.78, 5) is 10.8. The second-order valence-corrected chi connectivity index (χ2v) is 16.8. The molecule has 2 aromatic heterocycles. The Morgan fingerprint density at radius 1 is 0.271 bits per heavy atom. The highest BCUT2D eigenvalue weighted by Gasteiger charge is 2.18. The second-order valence-electron chi connectivity index (χ2n) is 15.7. The molecule has 3 heteroatoms. The molecule has 0 fully saturated rings. The van der Waals surface area contributed by atoms with Crippen molar-refractivity contribution in [2.24, 2.45) is 0 Å². The largest absolute Gasteiger partial charge is 0.228 e. The third kappa shape index (κ3) is 4.99. The van der Waals surface area contributed by atoms with Crippen molar-refractivity contribution in [3.05, 3.63) is 194 Å². The molecule has 0 aliphatic carbocycles. The van der Waals surface area contributed by atoms with Crippen molar-refractivity contribution in [3.63, 3.8) is 0 Å². The molecule has 0 saturated heterocycles. The van der Waals surface area contributed by atoms with Gasteiger partial charge in [-0.05, 0) is 112 Å². The Balaban J connectivity index is 1.11. The van der Waals surface area contributed by atoms with Crippen molar-refractivity contribution in [1.82, 2.24) is 9.97 Å². The second kappa shape index (κ2) is 12.5. The third-order valence-corrected chi connectivity index (χ3v) is 13.5. The molecule has 0 radical (unpaired) electrons. The first-order valence-electron chi connectivity index (χ1n) is 20.1. The molecule has 2 nitrogen and oxygen atoms in total. The lowest BCUT2D eigenvalue weighted by atomic mass is 9.87. The zero-order chi connectivity index (χ0) is 38.6. The van der Waals surface area contributed by atoms with E-state index in [4.69, 9.17) is 9.97 Å². The quantitative estimate of drug-likeness (QED) is 0.167. The average Bonchev–Trinajstić information content (AvgIpc) is 3.68. The molecule has 0 amide bonds. The number of benzene rings is 10. The van der Waals surface area contributed by atoms with Crippen LogP contribution in [0.4, 0.5) is 0 Å². The Morgan fingerprint density at radius 3 is 1.46 bits per heavy atom. The zero-order valence-corrected chi connectivity index (χ0v) is 32.6. The van der Waals surface area contributed by atoms with Crippen LogP contribution in [0.5, 0.6) is 0 Å². The van der Waals surface area contributed by atoms with Gasteiger partial charge >= 0.3 is 0 Å². The summed E-state index contributed by atoms with van der Waals surface area (Å²) in [6.07, 6.45) is 0. The summed E-state index contributed by atoms with van der Waals surface area (Å²) >= 11 is 1.84. The molecule has 0 spiro atoms. The number of hydrogen-bond donors (Lipinski definition) is 0. The number of nitrogens with zero attached hydrogens (tertiary/aromatic N) is 2. The normalized spacial score (nSPS) is 12.1. The summed E-state index contributed by atoms with van der Waals surface area (Å²) in [7, 11) is 0. The van der Waals surface area contributed by atoms with Gasteiger partial charge in [0.1, 0.15) is 0 Å². The number of fused-ring (bicyclic) bond motifs is 5. The van der Waals surface area contributed by atoms with Gasteiger partial charge in [0, 0.05) is 36.9 Å². The maximum absolute atomic E-state index is 5.42. The van der Waals surface area contributed by atoms with Gasteiger partial charge in [-0.2, -0.15) is 0 Å². The van der Waals surface area contributed by atoms with Gasteiger partial charge < -0.3 is 0 Å². The molecule has 13 rings (SSSR count). The molecular weight excluding hydrogens is 733 g/mol. The van der Waals surface area contributed by atoms with Gasteiger partial charge in [0.15, 0.2) is 5.82 Å². The van der Waals surface area contributed by atoms with Crippen LogP contribution in [-0.2, 0) is 0 Å². The van der Waals surface area contributed by atoms with E-state index in [1.54, 1.807) is 0 Å². The third-order valence-electron chi connectivity index (χ3n) is 12.4. The number of hydrogen-bond acceptors (Lipinski definition) is 3. The molecule has 0 aliphatic rings. The van der Waals surface area contributed by atoms with E-state index < -0.39 is 0 Å². The highest BCUT2D eigenvalue weighted by molar-refractivity contribution is 7.25. The predicted molar refractivity (Wildman–Crippen MR) is 253 cm³/mol. The zero-order valence-electron chi connectivity index (χ0n) is 31.8. The Kier molecular flexibility index (Phi) is 6.92. The maximum Gasteiger partial charge on any atom is 0.160 e. The molecular formula is C56H32N2S. The highest BCUT2D eigenvalue weighted by Crippen LogP contribution is 2.45. The smallest absolute Gasteiger partial charge is 0.160 e. The number of thiophene rings is 1. The van der Waals surface area contributed by atoms with Crippen molar-refractivity contribution in [2.45, 2.75) is 0 Å². The molecule has 272 valence electrons. The van der Waals surface area contributed by atoms with Gasteiger partial charge in [0.05, 0.1) is 11.4 Å². The predicted octanol–water partition coefficient (Wildman–Crippen LogP) is 15.9. The first-order valence-corrected chi connectivity index (χ1v) is 21.0. The van der Waals surface area contributed by atoms with E-state index in [2.05, 4.69) is 194 Å². The molecule has 59 heavy (non-hydrogen) atoms. The first kappa shape index (κ1) is 32.6. The lowest BCUT2D eigenvalue weighted by Crippen LogP contribution is -1.96. The lowest BCUT2D eigenvalue weighted by molar-refractivity contribution is 1.18. The van der Waals surface area contributed by atoms with Crippen LogP contribution < -0.4 is 0 Å². The van der Waals surface area contributed by atoms with Gasteiger partial charge in [-0.3, -0.25) is 0 Å². The SMILES string of the molecule is c1ccc(-c2ccc(-c3nc(-c4ccc5sc6ccccc6c5c4)cc(-c4cc5ccc6cccc7c8cccc9ccc%10cccc(c(c4)c5c67)c%10c98)n3)cc2)cc1. The topological polar surface area (TPSA) is 25.8 Å². The molecule has 13 aromatic rings. The van der Waals surface area contributed by atoms with Crippen LogP contribution in [0.3, 0.4) is 0 Å². The first-order chi connectivity index (χ1) is 29.2. The number of rotatable bonds is 4. The summed E-state index contributed by atoms with van der Waals surface area (Å²) in [6.45, 7) is 0. The van der Waals surface area contributed by atoms with Crippen LogP contribution in [0.15, 0.2) is 194 Å². The molecule has 0 atom stereocenters. The minimum absolute atomic E-state index is 0.705. The summed E-state index contributed by atoms with van der Waals surface area (Å²) in [5.41, 5.74) is 7.27. The van der Waals surface area contributed by atoms with Gasteiger partial charge in [0.2, 0.25) is 0 Å². The van der Waals surface area contributed by atoms with Gasteiger partial charge in [-0.25, -0.2) is 9.97 Å². The van der Waals surface area contributed by atoms with Crippen molar-refractivity contribution in [3.8, 4) is 45.0 Å². The van der Waals surface area contributed by atoms with E-state index in [0.29, 0.717) is 5.82 Å². The fourth-order valence-electron chi connectivity index (χ4n) is 9.63. The Morgan fingerprint density at radius 2 is 0.763 bits per heavy atom. The Hall–Kier alpha value is -7.46. The van der Waals surface area contributed by atoms with Gasteiger partial charge in [-0.15, -0.1) is 11.3 Å². The van der Waals surface area contributed by atoms with Gasteiger partial charge in [-0.1, -0.05) is 158 Å². The van der Waals surface area contributed by atoms with Crippen LogP contribution in [0.25, 0.3) is 130 Å². The van der Waals surface area contributed by atoms with Crippen molar-refractivity contribution in [2.75, 3.05) is 0 Å².